The summed E-state index contributed by atoms with van der Waals surface area (Å²) in [7, 11) is 2.22. The lowest BCUT2D eigenvalue weighted by Crippen LogP contribution is -2.27. The Morgan fingerprint density at radius 1 is 0.667 bits per heavy atom. The smallest absolute Gasteiger partial charge is 0.175 e. The highest BCUT2D eigenvalue weighted by Gasteiger charge is 2.26. The summed E-state index contributed by atoms with van der Waals surface area (Å²) in [4.78, 5) is 1.37. The Morgan fingerprint density at radius 2 is 1.37 bits per heavy atom. The number of benzene rings is 3. The lowest BCUT2D eigenvalue weighted by atomic mass is 10.0. The fourth-order valence-corrected chi connectivity index (χ4v) is 8.06. The number of nitrogens with zero attached hydrogens (tertiary/aromatic N) is 1. The van der Waals surface area contributed by atoms with Gasteiger partial charge in [0.1, 0.15) is 11.7 Å². The van der Waals surface area contributed by atoms with E-state index in [0.29, 0.717) is 0 Å². The molecule has 27 heavy (non-hydrogen) atoms. The maximum atomic E-state index is 2.40. The Kier molecular flexibility index (Phi) is 3.28. The first-order chi connectivity index (χ1) is 13.2. The van der Waals surface area contributed by atoms with Gasteiger partial charge < -0.3 is 0 Å². The first-order valence-electron chi connectivity index (χ1n) is 8.93. The maximum absolute atomic E-state index is 2.40. The topological polar surface area (TPSA) is 3.88 Å². The Balaban J connectivity index is 1.74. The summed E-state index contributed by atoms with van der Waals surface area (Å²) < 4.78 is 7.95. The van der Waals surface area contributed by atoms with Gasteiger partial charge in [0, 0.05) is 25.6 Å². The first kappa shape index (κ1) is 15.8. The monoisotopic (exact) mass is 402 g/mol. The average Bonchev–Trinajstić information content (AvgIpc) is 3.33. The number of fused-ring (bicyclic) bond motifs is 6. The van der Waals surface area contributed by atoms with Crippen LogP contribution in [0, 0.1) is 6.92 Å². The van der Waals surface area contributed by atoms with Gasteiger partial charge >= 0.3 is 0 Å². The number of rotatable bonds is 1. The minimum atomic E-state index is 1.35. The molecule has 6 rings (SSSR count). The van der Waals surface area contributed by atoms with Crippen molar-refractivity contribution in [3.8, 4) is 10.6 Å². The Bertz CT molecular complexity index is 1500. The van der Waals surface area contributed by atoms with Crippen LogP contribution < -0.4 is 4.57 Å². The third-order valence-electron chi connectivity index (χ3n) is 5.31. The van der Waals surface area contributed by atoms with E-state index in [0.717, 1.165) is 0 Å². The van der Waals surface area contributed by atoms with Crippen molar-refractivity contribution in [3.63, 3.8) is 0 Å². The van der Waals surface area contributed by atoms with Gasteiger partial charge in [0.25, 0.3) is 9.84 Å². The van der Waals surface area contributed by atoms with Crippen LogP contribution in [0.4, 0.5) is 0 Å². The van der Waals surface area contributed by atoms with Crippen molar-refractivity contribution in [2.75, 3.05) is 0 Å². The van der Waals surface area contributed by atoms with Crippen molar-refractivity contribution < 1.29 is 4.57 Å². The van der Waals surface area contributed by atoms with Gasteiger partial charge in [-0.1, -0.05) is 71.2 Å². The summed E-state index contributed by atoms with van der Waals surface area (Å²) in [5.74, 6) is 0. The zero-order valence-electron chi connectivity index (χ0n) is 14.9. The molecule has 0 unspecified atom stereocenters. The fourth-order valence-electron chi connectivity index (χ4n) is 3.96. The van der Waals surface area contributed by atoms with Crippen LogP contribution in [0.15, 0.2) is 60.7 Å². The minimum Gasteiger partial charge on any atom is -0.175 e. The summed E-state index contributed by atoms with van der Waals surface area (Å²) in [6.45, 7) is 2.24. The molecule has 0 radical (unpaired) electrons. The highest BCUT2D eigenvalue weighted by atomic mass is 32.1. The SMILES string of the molecule is Cc1ccc2c(sc3ccccc32)c1-c1sc2c3ccccc3sc2[n+]1C. The highest BCUT2D eigenvalue weighted by molar-refractivity contribution is 7.33. The van der Waals surface area contributed by atoms with Crippen LogP contribution in [0.2, 0.25) is 0 Å². The van der Waals surface area contributed by atoms with E-state index >= 15 is 0 Å². The third-order valence-corrected chi connectivity index (χ3v) is 9.18. The molecule has 0 aliphatic heterocycles. The Labute approximate surface area is 168 Å². The van der Waals surface area contributed by atoms with Crippen molar-refractivity contribution in [2.45, 2.75) is 6.92 Å². The van der Waals surface area contributed by atoms with Crippen molar-refractivity contribution in [3.05, 3.63) is 66.2 Å². The molecule has 3 aromatic carbocycles. The largest absolute Gasteiger partial charge is 0.281 e. The van der Waals surface area contributed by atoms with Gasteiger partial charge in [-0.05, 0) is 24.6 Å². The van der Waals surface area contributed by atoms with Crippen molar-refractivity contribution in [1.29, 1.82) is 0 Å². The number of thiophene rings is 2. The second-order valence-electron chi connectivity index (χ2n) is 6.93. The quantitative estimate of drug-likeness (QED) is 0.254. The third kappa shape index (κ3) is 2.12. The van der Waals surface area contributed by atoms with Gasteiger partial charge in [0.2, 0.25) is 0 Å². The molecule has 0 bridgehead atoms. The lowest BCUT2D eigenvalue weighted by Gasteiger charge is -2.03. The highest BCUT2D eigenvalue weighted by Crippen LogP contribution is 2.45. The van der Waals surface area contributed by atoms with E-state index in [1.54, 1.807) is 0 Å². The maximum Gasteiger partial charge on any atom is 0.281 e. The van der Waals surface area contributed by atoms with Crippen molar-refractivity contribution >= 4 is 73.8 Å². The zero-order chi connectivity index (χ0) is 18.1. The van der Waals surface area contributed by atoms with Gasteiger partial charge in [-0.25, -0.2) is 0 Å². The second-order valence-corrected chi connectivity index (χ2v) is 10.0. The molecule has 0 spiro atoms. The average molecular weight is 403 g/mol. The fraction of sp³-hybridized carbons (Fsp3) is 0.0870. The van der Waals surface area contributed by atoms with Gasteiger partial charge in [-0.15, -0.1) is 11.3 Å². The Hall–Kier alpha value is -2.27. The summed E-state index contributed by atoms with van der Waals surface area (Å²) >= 11 is 5.75. The van der Waals surface area contributed by atoms with E-state index in [9.17, 15) is 0 Å². The van der Waals surface area contributed by atoms with E-state index in [1.165, 1.54) is 55.9 Å². The summed E-state index contributed by atoms with van der Waals surface area (Å²) in [5.41, 5.74) is 2.75. The van der Waals surface area contributed by atoms with Crippen LogP contribution in [0.3, 0.4) is 0 Å². The standard InChI is InChI=1S/C23H16NS3/c1-13-11-12-15-14-7-3-5-9-17(14)25-20(15)19(13)22-24(2)23-21(27-22)16-8-4-6-10-18(16)26-23/h3-12H,1-2H3/q+1. The molecule has 0 saturated heterocycles. The van der Waals surface area contributed by atoms with Crippen molar-refractivity contribution in [1.82, 2.24) is 0 Å². The van der Waals surface area contributed by atoms with Gasteiger partial charge in [0.15, 0.2) is 0 Å². The molecule has 4 heteroatoms. The number of hydrogen-bond donors (Lipinski definition) is 0. The van der Waals surface area contributed by atoms with Gasteiger partial charge in [-0.2, -0.15) is 4.57 Å². The van der Waals surface area contributed by atoms with Crippen LogP contribution in [-0.2, 0) is 7.05 Å². The van der Waals surface area contributed by atoms with Crippen LogP contribution in [0.1, 0.15) is 5.56 Å². The number of hydrogen-bond acceptors (Lipinski definition) is 3. The van der Waals surface area contributed by atoms with E-state index < -0.39 is 0 Å². The van der Waals surface area contributed by atoms with Gasteiger partial charge in [0.05, 0.1) is 10.3 Å². The molecule has 1 nitrogen and oxygen atoms in total. The molecule has 3 heterocycles. The predicted octanol–water partition coefficient (Wildman–Crippen LogP) is 7.28. The molecule has 0 amide bonds. The first-order valence-corrected chi connectivity index (χ1v) is 11.4. The molecule has 0 saturated carbocycles. The summed E-state index contributed by atoms with van der Waals surface area (Å²) in [6.07, 6.45) is 0. The molecule has 0 aliphatic rings. The van der Waals surface area contributed by atoms with Crippen LogP contribution in [0.5, 0.6) is 0 Å². The number of thiazole rings is 1. The molecular weight excluding hydrogens is 386 g/mol. The van der Waals surface area contributed by atoms with Crippen LogP contribution in [0.25, 0.3) is 50.4 Å². The number of aryl methyl sites for hydroxylation is 2. The van der Waals surface area contributed by atoms with E-state index in [1.807, 2.05) is 34.0 Å². The lowest BCUT2D eigenvalue weighted by molar-refractivity contribution is -0.627. The normalized spacial score (nSPS) is 12.1. The zero-order valence-corrected chi connectivity index (χ0v) is 17.4. The van der Waals surface area contributed by atoms with Gasteiger partial charge in [-0.3, -0.25) is 0 Å². The molecule has 3 aromatic heterocycles. The van der Waals surface area contributed by atoms with Crippen molar-refractivity contribution in [2.24, 2.45) is 7.05 Å². The molecule has 0 fully saturated rings. The van der Waals surface area contributed by atoms with Crippen LogP contribution in [-0.4, -0.2) is 0 Å². The molecule has 0 atom stereocenters. The van der Waals surface area contributed by atoms with E-state index in [-0.39, 0.29) is 0 Å². The van der Waals surface area contributed by atoms with Crippen LogP contribution >= 0.6 is 34.0 Å². The Morgan fingerprint density at radius 3 is 2.19 bits per heavy atom. The molecule has 130 valence electrons. The predicted molar refractivity (Wildman–Crippen MR) is 121 cm³/mol. The summed E-state index contributed by atoms with van der Waals surface area (Å²) in [6, 6.07) is 22.1. The number of aromatic nitrogens is 1. The molecule has 0 aliphatic carbocycles. The second kappa shape index (κ2) is 5.61. The van der Waals surface area contributed by atoms with E-state index in [4.69, 9.17) is 0 Å². The minimum absolute atomic E-state index is 1.35. The molecular formula is C23H16NS3+. The summed E-state index contributed by atoms with van der Waals surface area (Å²) in [5, 5.41) is 5.48. The molecule has 6 aromatic rings. The molecule has 0 N–H and O–H groups in total. The van der Waals surface area contributed by atoms with E-state index in [2.05, 4.69) is 79.2 Å².